The predicted octanol–water partition coefficient (Wildman–Crippen LogP) is 3.26. The third-order valence-corrected chi connectivity index (χ3v) is 6.08. The molecule has 2 aliphatic rings. The van der Waals surface area contributed by atoms with Crippen LogP contribution in [0.1, 0.15) is 28.8 Å². The van der Waals surface area contributed by atoms with Crippen molar-refractivity contribution in [3.05, 3.63) is 65.7 Å². The van der Waals surface area contributed by atoms with Crippen LogP contribution in [-0.4, -0.2) is 68.2 Å². The first kappa shape index (κ1) is 19.9. The first-order valence-electron chi connectivity index (χ1n) is 10.7. The molecule has 0 spiro atoms. The molecular formula is C24H31N3O2. The van der Waals surface area contributed by atoms with Crippen LogP contribution < -0.4 is 4.90 Å². The summed E-state index contributed by atoms with van der Waals surface area (Å²) in [6.45, 7) is 6.09. The van der Waals surface area contributed by atoms with Crippen molar-refractivity contribution in [2.24, 2.45) is 0 Å². The Morgan fingerprint density at radius 3 is 2.28 bits per heavy atom. The highest BCUT2D eigenvalue weighted by Gasteiger charge is 2.28. The summed E-state index contributed by atoms with van der Waals surface area (Å²) >= 11 is 0. The van der Waals surface area contributed by atoms with E-state index in [1.54, 1.807) is 0 Å². The highest BCUT2D eigenvalue weighted by atomic mass is 16.5. The van der Waals surface area contributed by atoms with Crippen LogP contribution in [0, 0.1) is 0 Å². The summed E-state index contributed by atoms with van der Waals surface area (Å²) in [5, 5.41) is 0. The predicted molar refractivity (Wildman–Crippen MR) is 116 cm³/mol. The lowest BCUT2D eigenvalue weighted by Gasteiger charge is -2.37. The van der Waals surface area contributed by atoms with Gasteiger partial charge in [0.2, 0.25) is 0 Å². The van der Waals surface area contributed by atoms with Gasteiger partial charge < -0.3 is 19.4 Å². The minimum Gasteiger partial charge on any atom is -0.378 e. The lowest BCUT2D eigenvalue weighted by atomic mass is 10.0. The standard InChI is InChI=1S/C24H31N3O2/c1-25-13-11-23(12-14-25)27(19-20-5-3-2-4-6-20)24(28)21-7-9-22(10-8-21)26-15-17-29-18-16-26/h2-10,23H,11-19H2,1H3. The number of benzene rings is 2. The van der Waals surface area contributed by atoms with Crippen molar-refractivity contribution in [2.75, 3.05) is 51.3 Å². The van der Waals surface area contributed by atoms with E-state index in [1.807, 2.05) is 30.3 Å². The fourth-order valence-corrected chi connectivity index (χ4v) is 4.26. The summed E-state index contributed by atoms with van der Waals surface area (Å²) in [4.78, 5) is 20.2. The molecule has 0 N–H and O–H groups in total. The molecular weight excluding hydrogens is 362 g/mol. The molecule has 0 aliphatic carbocycles. The van der Waals surface area contributed by atoms with Gasteiger partial charge >= 0.3 is 0 Å². The SMILES string of the molecule is CN1CCC(N(Cc2ccccc2)C(=O)c2ccc(N3CCOCC3)cc2)CC1. The average molecular weight is 394 g/mol. The number of likely N-dealkylation sites (tertiary alicyclic amines) is 1. The largest absolute Gasteiger partial charge is 0.378 e. The Morgan fingerprint density at radius 2 is 1.62 bits per heavy atom. The van der Waals surface area contributed by atoms with Gasteiger partial charge in [-0.1, -0.05) is 30.3 Å². The van der Waals surface area contributed by atoms with E-state index in [-0.39, 0.29) is 11.9 Å². The Bertz CT molecular complexity index is 780. The van der Waals surface area contributed by atoms with E-state index in [4.69, 9.17) is 4.74 Å². The average Bonchev–Trinajstić information content (AvgIpc) is 2.79. The van der Waals surface area contributed by atoms with Gasteiger partial charge in [-0.15, -0.1) is 0 Å². The second kappa shape index (κ2) is 9.42. The molecule has 2 aliphatic heterocycles. The third-order valence-electron chi connectivity index (χ3n) is 6.08. The van der Waals surface area contributed by atoms with Gasteiger partial charge in [-0.05, 0) is 62.8 Å². The van der Waals surface area contributed by atoms with Gasteiger partial charge in [-0.3, -0.25) is 4.79 Å². The molecule has 0 atom stereocenters. The van der Waals surface area contributed by atoms with E-state index < -0.39 is 0 Å². The summed E-state index contributed by atoms with van der Waals surface area (Å²) in [6, 6.07) is 18.7. The maximum absolute atomic E-state index is 13.5. The molecule has 154 valence electrons. The van der Waals surface area contributed by atoms with E-state index in [2.05, 4.69) is 46.0 Å². The topological polar surface area (TPSA) is 36.0 Å². The number of morpholine rings is 1. The molecule has 2 heterocycles. The minimum absolute atomic E-state index is 0.136. The Kier molecular flexibility index (Phi) is 6.47. The van der Waals surface area contributed by atoms with Crippen LogP contribution in [0.3, 0.4) is 0 Å². The second-order valence-electron chi connectivity index (χ2n) is 8.10. The molecule has 4 rings (SSSR count). The fraction of sp³-hybridized carbons (Fsp3) is 0.458. The number of carbonyl (C=O) groups excluding carboxylic acids is 1. The highest BCUT2D eigenvalue weighted by molar-refractivity contribution is 5.94. The van der Waals surface area contributed by atoms with Crippen molar-refractivity contribution >= 4 is 11.6 Å². The molecule has 2 fully saturated rings. The van der Waals surface area contributed by atoms with Crippen LogP contribution in [0.4, 0.5) is 5.69 Å². The molecule has 0 bridgehead atoms. The summed E-state index contributed by atoms with van der Waals surface area (Å²) in [5.74, 6) is 0.136. The maximum atomic E-state index is 13.5. The minimum atomic E-state index is 0.136. The lowest BCUT2D eigenvalue weighted by Crippen LogP contribution is -2.46. The lowest BCUT2D eigenvalue weighted by molar-refractivity contribution is 0.0569. The second-order valence-corrected chi connectivity index (χ2v) is 8.10. The van der Waals surface area contributed by atoms with Gasteiger partial charge in [0.05, 0.1) is 13.2 Å². The van der Waals surface area contributed by atoms with E-state index in [0.29, 0.717) is 6.54 Å². The van der Waals surface area contributed by atoms with Crippen LogP contribution in [0.25, 0.3) is 0 Å². The number of carbonyl (C=O) groups is 1. The van der Waals surface area contributed by atoms with Crippen LogP contribution in [0.2, 0.25) is 0 Å². The molecule has 2 aromatic carbocycles. The Hall–Kier alpha value is -2.37. The normalized spacial score (nSPS) is 18.6. The fourth-order valence-electron chi connectivity index (χ4n) is 4.26. The number of hydrogen-bond acceptors (Lipinski definition) is 4. The van der Waals surface area contributed by atoms with Gasteiger partial charge in [-0.2, -0.15) is 0 Å². The van der Waals surface area contributed by atoms with Crippen LogP contribution in [-0.2, 0) is 11.3 Å². The summed E-state index contributed by atoms with van der Waals surface area (Å²) in [6.07, 6.45) is 2.06. The number of amides is 1. The van der Waals surface area contributed by atoms with Gasteiger partial charge in [0, 0.05) is 36.9 Å². The van der Waals surface area contributed by atoms with E-state index in [9.17, 15) is 4.79 Å². The molecule has 0 saturated carbocycles. The summed E-state index contributed by atoms with van der Waals surface area (Å²) < 4.78 is 5.44. The third kappa shape index (κ3) is 4.98. The number of hydrogen-bond donors (Lipinski definition) is 0. The van der Waals surface area contributed by atoms with E-state index in [1.165, 1.54) is 11.3 Å². The molecule has 0 unspecified atom stereocenters. The van der Waals surface area contributed by atoms with Gasteiger partial charge in [-0.25, -0.2) is 0 Å². The molecule has 0 radical (unpaired) electrons. The Morgan fingerprint density at radius 1 is 0.966 bits per heavy atom. The van der Waals surface area contributed by atoms with Crippen molar-refractivity contribution in [1.29, 1.82) is 0 Å². The molecule has 5 heteroatoms. The Balaban J connectivity index is 1.52. The number of ether oxygens (including phenoxy) is 1. The molecule has 0 aromatic heterocycles. The van der Waals surface area contributed by atoms with Crippen molar-refractivity contribution in [1.82, 2.24) is 9.80 Å². The van der Waals surface area contributed by atoms with Crippen LogP contribution in [0.15, 0.2) is 54.6 Å². The number of nitrogens with zero attached hydrogens (tertiary/aromatic N) is 3. The van der Waals surface area contributed by atoms with Gasteiger partial charge in [0.15, 0.2) is 0 Å². The zero-order chi connectivity index (χ0) is 20.1. The number of rotatable bonds is 5. The zero-order valence-corrected chi connectivity index (χ0v) is 17.3. The van der Waals surface area contributed by atoms with Crippen LogP contribution in [0.5, 0.6) is 0 Å². The van der Waals surface area contributed by atoms with Gasteiger partial charge in [0.1, 0.15) is 0 Å². The molecule has 29 heavy (non-hydrogen) atoms. The molecule has 1 amide bonds. The van der Waals surface area contributed by atoms with Crippen molar-refractivity contribution < 1.29 is 9.53 Å². The quantitative estimate of drug-likeness (QED) is 0.781. The van der Waals surface area contributed by atoms with Gasteiger partial charge in [0.25, 0.3) is 5.91 Å². The number of piperidine rings is 1. The monoisotopic (exact) mass is 393 g/mol. The van der Waals surface area contributed by atoms with Crippen LogP contribution >= 0.6 is 0 Å². The van der Waals surface area contributed by atoms with Crippen molar-refractivity contribution in [3.8, 4) is 0 Å². The maximum Gasteiger partial charge on any atom is 0.254 e. The summed E-state index contributed by atoms with van der Waals surface area (Å²) in [5.41, 5.74) is 3.13. The number of anilines is 1. The Labute approximate surface area is 173 Å². The van der Waals surface area contributed by atoms with E-state index in [0.717, 1.165) is 57.8 Å². The molecule has 2 saturated heterocycles. The summed E-state index contributed by atoms with van der Waals surface area (Å²) in [7, 11) is 2.16. The van der Waals surface area contributed by atoms with Crippen molar-refractivity contribution in [3.63, 3.8) is 0 Å². The first-order chi connectivity index (χ1) is 14.2. The van der Waals surface area contributed by atoms with E-state index >= 15 is 0 Å². The smallest absolute Gasteiger partial charge is 0.254 e. The molecule has 2 aromatic rings. The zero-order valence-electron chi connectivity index (χ0n) is 17.3. The van der Waals surface area contributed by atoms with Crippen molar-refractivity contribution in [2.45, 2.75) is 25.4 Å². The highest BCUT2D eigenvalue weighted by Crippen LogP contribution is 2.23. The molecule has 5 nitrogen and oxygen atoms in total. The first-order valence-corrected chi connectivity index (χ1v) is 10.7.